The Morgan fingerprint density at radius 3 is 1.76 bits per heavy atom. The van der Waals surface area contributed by atoms with Crippen LogP contribution in [0.4, 0.5) is 0 Å². The van der Waals surface area contributed by atoms with Crippen LogP contribution >= 0.6 is 0 Å². The third kappa shape index (κ3) is 4.37. The van der Waals surface area contributed by atoms with Gasteiger partial charge in [0.05, 0.1) is 17.7 Å². The SMILES string of the molecule is Cc1c(C2=C(c3cc4ccccc4c4ccccc34)C(=O)N(Cc3ccccc3)C2=O)c2ccccc2n1Cc1ccccc1. The zero-order valence-electron chi connectivity index (χ0n) is 24.9. The molecule has 4 nitrogen and oxygen atoms in total. The Bertz CT molecular complexity index is 2310. The van der Waals surface area contributed by atoms with Crippen LogP contribution in [0, 0.1) is 6.92 Å². The molecule has 0 radical (unpaired) electrons. The first-order valence-electron chi connectivity index (χ1n) is 15.3. The van der Waals surface area contributed by atoms with E-state index in [1.54, 1.807) is 0 Å². The lowest BCUT2D eigenvalue weighted by Gasteiger charge is -2.16. The summed E-state index contributed by atoms with van der Waals surface area (Å²) in [7, 11) is 0. The Kier molecular flexibility index (Phi) is 6.42. The molecule has 216 valence electrons. The van der Waals surface area contributed by atoms with Crippen LogP contribution in [0.2, 0.25) is 0 Å². The Labute approximate surface area is 261 Å². The van der Waals surface area contributed by atoms with Crippen molar-refractivity contribution in [2.24, 2.45) is 0 Å². The second-order valence-electron chi connectivity index (χ2n) is 11.7. The first-order chi connectivity index (χ1) is 22.1. The number of benzene rings is 6. The van der Waals surface area contributed by atoms with Crippen LogP contribution in [0.3, 0.4) is 0 Å². The fraction of sp³-hybridized carbons (Fsp3) is 0.0732. The molecule has 0 aliphatic carbocycles. The summed E-state index contributed by atoms with van der Waals surface area (Å²) >= 11 is 0. The summed E-state index contributed by atoms with van der Waals surface area (Å²) in [4.78, 5) is 30.8. The van der Waals surface area contributed by atoms with Crippen molar-refractivity contribution in [2.75, 3.05) is 0 Å². The summed E-state index contributed by atoms with van der Waals surface area (Å²) < 4.78 is 2.26. The molecular formula is C41H30N2O2. The molecule has 2 amide bonds. The molecule has 1 aliphatic heterocycles. The minimum Gasteiger partial charge on any atom is -0.340 e. The largest absolute Gasteiger partial charge is 0.340 e. The van der Waals surface area contributed by atoms with Gasteiger partial charge in [-0.25, -0.2) is 0 Å². The van der Waals surface area contributed by atoms with Crippen molar-refractivity contribution in [1.82, 2.24) is 9.47 Å². The Balaban J connectivity index is 1.43. The van der Waals surface area contributed by atoms with Gasteiger partial charge in [-0.05, 0) is 57.3 Å². The van der Waals surface area contributed by atoms with Gasteiger partial charge >= 0.3 is 0 Å². The van der Waals surface area contributed by atoms with Crippen molar-refractivity contribution in [3.05, 3.63) is 167 Å². The van der Waals surface area contributed by atoms with Gasteiger partial charge < -0.3 is 4.57 Å². The van der Waals surface area contributed by atoms with Crippen LogP contribution in [0.25, 0.3) is 43.6 Å². The van der Waals surface area contributed by atoms with E-state index in [0.29, 0.717) is 17.7 Å². The monoisotopic (exact) mass is 582 g/mol. The Morgan fingerprint density at radius 1 is 0.511 bits per heavy atom. The van der Waals surface area contributed by atoms with Crippen molar-refractivity contribution < 1.29 is 9.59 Å². The fourth-order valence-electron chi connectivity index (χ4n) is 6.94. The molecule has 0 spiro atoms. The Hall–Kier alpha value is -5.74. The van der Waals surface area contributed by atoms with Crippen LogP contribution in [-0.4, -0.2) is 21.3 Å². The molecule has 2 heterocycles. The number of carbonyl (C=O) groups excluding carboxylic acids is 2. The van der Waals surface area contributed by atoms with Crippen molar-refractivity contribution in [3.8, 4) is 0 Å². The van der Waals surface area contributed by atoms with Crippen molar-refractivity contribution >= 4 is 55.4 Å². The molecule has 0 saturated heterocycles. The average Bonchev–Trinajstić information content (AvgIpc) is 3.49. The highest BCUT2D eigenvalue weighted by Gasteiger charge is 2.42. The molecule has 4 heteroatoms. The third-order valence-corrected chi connectivity index (χ3v) is 9.05. The molecule has 7 aromatic rings. The summed E-state index contributed by atoms with van der Waals surface area (Å²) in [5.41, 5.74) is 6.61. The summed E-state index contributed by atoms with van der Waals surface area (Å²) in [6.45, 7) is 2.93. The van der Waals surface area contributed by atoms with Gasteiger partial charge in [-0.1, -0.05) is 127 Å². The van der Waals surface area contributed by atoms with E-state index in [4.69, 9.17) is 0 Å². The highest BCUT2D eigenvalue weighted by molar-refractivity contribution is 6.51. The van der Waals surface area contributed by atoms with Crippen LogP contribution < -0.4 is 0 Å². The number of fused-ring (bicyclic) bond motifs is 4. The Morgan fingerprint density at radius 2 is 1.04 bits per heavy atom. The van der Waals surface area contributed by atoms with Crippen LogP contribution in [0.5, 0.6) is 0 Å². The number of para-hydroxylation sites is 1. The van der Waals surface area contributed by atoms with Crippen LogP contribution in [0.1, 0.15) is 27.9 Å². The summed E-state index contributed by atoms with van der Waals surface area (Å²) in [6.07, 6.45) is 0. The topological polar surface area (TPSA) is 42.3 Å². The predicted molar refractivity (Wildman–Crippen MR) is 182 cm³/mol. The predicted octanol–water partition coefficient (Wildman–Crippen LogP) is 8.78. The smallest absolute Gasteiger partial charge is 0.262 e. The van der Waals surface area contributed by atoms with E-state index >= 15 is 0 Å². The molecule has 0 unspecified atom stereocenters. The molecule has 45 heavy (non-hydrogen) atoms. The average molecular weight is 583 g/mol. The molecule has 6 aromatic carbocycles. The van der Waals surface area contributed by atoms with E-state index in [2.05, 4.69) is 66.1 Å². The van der Waals surface area contributed by atoms with Gasteiger partial charge in [0.2, 0.25) is 0 Å². The second-order valence-corrected chi connectivity index (χ2v) is 11.7. The number of nitrogens with zero attached hydrogens (tertiary/aromatic N) is 2. The lowest BCUT2D eigenvalue weighted by Crippen LogP contribution is -2.31. The number of hydrogen-bond donors (Lipinski definition) is 0. The van der Waals surface area contributed by atoms with E-state index in [1.165, 1.54) is 10.5 Å². The quantitative estimate of drug-likeness (QED) is 0.145. The maximum Gasteiger partial charge on any atom is 0.262 e. The zero-order chi connectivity index (χ0) is 30.5. The van der Waals surface area contributed by atoms with E-state index in [9.17, 15) is 9.59 Å². The minimum atomic E-state index is -0.265. The summed E-state index contributed by atoms with van der Waals surface area (Å²) in [6, 6.07) is 46.8. The van der Waals surface area contributed by atoms with E-state index in [0.717, 1.165) is 54.8 Å². The van der Waals surface area contributed by atoms with Gasteiger partial charge in [0.15, 0.2) is 0 Å². The van der Waals surface area contributed by atoms with Gasteiger partial charge in [-0.2, -0.15) is 0 Å². The van der Waals surface area contributed by atoms with Crippen LogP contribution in [-0.2, 0) is 22.7 Å². The molecule has 8 rings (SSSR count). The van der Waals surface area contributed by atoms with E-state index in [1.807, 2.05) is 84.9 Å². The van der Waals surface area contributed by atoms with Crippen molar-refractivity contribution in [2.45, 2.75) is 20.0 Å². The third-order valence-electron chi connectivity index (χ3n) is 9.05. The standard InChI is InChI=1S/C41H30N2O2/c1-27-37(34-22-12-13-23-36(34)42(27)25-28-14-4-2-5-15-28)39-38(40(44)43(41(39)45)26-29-16-6-3-7-17-29)35-24-30-18-8-9-19-31(30)32-20-10-11-21-33(32)35/h2-24H,25-26H2,1H3. The van der Waals surface area contributed by atoms with Crippen molar-refractivity contribution in [1.29, 1.82) is 0 Å². The number of aromatic nitrogens is 1. The maximum absolute atomic E-state index is 14.7. The normalized spacial score (nSPS) is 13.6. The number of amides is 2. The summed E-state index contributed by atoms with van der Waals surface area (Å²) in [5.74, 6) is -0.527. The van der Waals surface area contributed by atoms with Gasteiger partial charge in [0.1, 0.15) is 0 Å². The molecule has 0 atom stereocenters. The number of imide groups is 1. The molecule has 1 aliphatic rings. The molecule has 1 aromatic heterocycles. The molecule has 0 fully saturated rings. The first-order valence-corrected chi connectivity index (χ1v) is 15.3. The zero-order valence-corrected chi connectivity index (χ0v) is 24.9. The number of carbonyl (C=O) groups is 2. The van der Waals surface area contributed by atoms with Gasteiger partial charge in [0, 0.05) is 28.7 Å². The van der Waals surface area contributed by atoms with E-state index in [-0.39, 0.29) is 18.4 Å². The number of rotatable bonds is 6. The van der Waals surface area contributed by atoms with Crippen molar-refractivity contribution in [3.63, 3.8) is 0 Å². The van der Waals surface area contributed by atoms with Crippen LogP contribution in [0.15, 0.2) is 140 Å². The number of hydrogen-bond acceptors (Lipinski definition) is 2. The second kappa shape index (κ2) is 10.8. The minimum absolute atomic E-state index is 0.207. The fourth-order valence-corrected chi connectivity index (χ4v) is 6.94. The summed E-state index contributed by atoms with van der Waals surface area (Å²) in [5, 5.41) is 5.13. The van der Waals surface area contributed by atoms with Gasteiger partial charge in [-0.3, -0.25) is 14.5 Å². The van der Waals surface area contributed by atoms with E-state index < -0.39 is 0 Å². The lowest BCUT2D eigenvalue weighted by atomic mass is 9.89. The van der Waals surface area contributed by atoms with Gasteiger partial charge in [-0.15, -0.1) is 0 Å². The molecule has 0 saturated carbocycles. The lowest BCUT2D eigenvalue weighted by molar-refractivity contribution is -0.136. The highest BCUT2D eigenvalue weighted by atomic mass is 16.2. The van der Waals surface area contributed by atoms with Gasteiger partial charge in [0.25, 0.3) is 11.8 Å². The molecule has 0 bridgehead atoms. The highest BCUT2D eigenvalue weighted by Crippen LogP contribution is 2.44. The first kappa shape index (κ1) is 26.9. The maximum atomic E-state index is 14.7. The molecule has 0 N–H and O–H groups in total. The molecular weight excluding hydrogens is 552 g/mol.